The molecule has 0 spiro atoms. The van der Waals surface area contributed by atoms with E-state index in [2.05, 4.69) is 11.9 Å². The zero-order valence-electron chi connectivity index (χ0n) is 10.6. The third kappa shape index (κ3) is 3.89. The minimum Gasteiger partial charge on any atom is -0.444 e. The molecule has 17 heavy (non-hydrogen) atoms. The monoisotopic (exact) mass is 261 g/mol. The number of ether oxygens (including phenoxy) is 2. The van der Waals surface area contributed by atoms with Crippen molar-refractivity contribution in [2.75, 3.05) is 19.1 Å². The molecule has 0 aromatic carbocycles. The van der Waals surface area contributed by atoms with Crippen molar-refractivity contribution < 1.29 is 14.3 Å². The highest BCUT2D eigenvalue weighted by Crippen LogP contribution is 2.27. The average Bonchev–Trinajstić information content (AvgIpc) is 2.63. The van der Waals surface area contributed by atoms with E-state index >= 15 is 0 Å². The normalized spacial score (nSPS) is 24.5. The van der Waals surface area contributed by atoms with Gasteiger partial charge in [-0.05, 0) is 26.3 Å². The summed E-state index contributed by atoms with van der Waals surface area (Å²) >= 11 is 5.79. The summed E-state index contributed by atoms with van der Waals surface area (Å²) in [5.41, 5.74) is -0.348. The molecule has 0 bridgehead atoms. The molecule has 98 valence electrons. The van der Waals surface area contributed by atoms with Crippen LogP contribution in [0.25, 0.3) is 0 Å². The Bertz CT molecular complexity index is 303. The average molecular weight is 262 g/mol. The van der Waals surface area contributed by atoms with Crippen LogP contribution in [-0.2, 0) is 9.47 Å². The van der Waals surface area contributed by atoms with Gasteiger partial charge in [0.05, 0.1) is 12.1 Å². The lowest BCUT2D eigenvalue weighted by molar-refractivity contribution is 0.0462. The van der Waals surface area contributed by atoms with Crippen LogP contribution in [0.1, 0.15) is 27.2 Å². The number of hydrogen-bond donors (Lipinski definition) is 1. The molecular weight excluding hydrogens is 242 g/mol. The molecule has 1 heterocycles. The quantitative estimate of drug-likeness (QED) is 0.627. The van der Waals surface area contributed by atoms with Crippen LogP contribution in [-0.4, -0.2) is 36.3 Å². The van der Waals surface area contributed by atoms with Crippen LogP contribution in [0.5, 0.6) is 0 Å². The van der Waals surface area contributed by atoms with E-state index in [9.17, 15) is 4.79 Å². The fourth-order valence-electron chi connectivity index (χ4n) is 1.66. The Morgan fingerprint density at radius 3 is 2.65 bits per heavy atom. The first-order valence-electron chi connectivity index (χ1n) is 5.62. The van der Waals surface area contributed by atoms with Crippen LogP contribution in [0.3, 0.4) is 0 Å². The molecule has 1 amide bonds. The molecule has 1 aliphatic heterocycles. The summed E-state index contributed by atoms with van der Waals surface area (Å²) in [5.74, 6) is 0.291. The molecule has 5 heteroatoms. The number of alkyl carbamates (subject to hydrolysis) is 1. The number of halogens is 1. The zero-order valence-corrected chi connectivity index (χ0v) is 11.4. The van der Waals surface area contributed by atoms with Crippen LogP contribution >= 0.6 is 11.6 Å². The molecule has 1 atom stereocenters. The molecule has 1 N–H and O–H groups in total. The first-order chi connectivity index (χ1) is 7.79. The summed E-state index contributed by atoms with van der Waals surface area (Å²) in [4.78, 5) is 11.8. The minimum atomic E-state index is -0.579. The van der Waals surface area contributed by atoms with Crippen molar-refractivity contribution in [2.45, 2.75) is 38.3 Å². The zero-order chi connectivity index (χ0) is 13.1. The van der Waals surface area contributed by atoms with Crippen molar-refractivity contribution >= 4 is 17.7 Å². The fourth-order valence-corrected chi connectivity index (χ4v) is 1.91. The largest absolute Gasteiger partial charge is 0.444 e. The van der Waals surface area contributed by atoms with E-state index < -0.39 is 17.2 Å². The molecule has 1 rings (SSSR count). The highest BCUT2D eigenvalue weighted by Gasteiger charge is 2.39. The van der Waals surface area contributed by atoms with Gasteiger partial charge in [-0.15, -0.1) is 11.6 Å². The van der Waals surface area contributed by atoms with Gasteiger partial charge in [0.25, 0.3) is 0 Å². The van der Waals surface area contributed by atoms with Gasteiger partial charge in [0, 0.05) is 18.9 Å². The molecule has 0 aliphatic carbocycles. The Morgan fingerprint density at radius 1 is 1.59 bits per heavy atom. The van der Waals surface area contributed by atoms with Crippen molar-refractivity contribution in [3.05, 3.63) is 12.2 Å². The van der Waals surface area contributed by atoms with Gasteiger partial charge in [0.2, 0.25) is 0 Å². The summed E-state index contributed by atoms with van der Waals surface area (Å²) in [6.07, 6.45) is 0.215. The topological polar surface area (TPSA) is 47.6 Å². The first kappa shape index (κ1) is 14.3. The lowest BCUT2D eigenvalue weighted by Gasteiger charge is -2.31. The van der Waals surface area contributed by atoms with Gasteiger partial charge in [0.1, 0.15) is 5.60 Å². The summed E-state index contributed by atoms with van der Waals surface area (Å²) in [7, 11) is 0. The van der Waals surface area contributed by atoms with Crippen molar-refractivity contribution in [1.29, 1.82) is 0 Å². The SMILES string of the molecule is C=C(CCl)C1(NC(=O)OC(C)(C)C)CCOC1. The minimum absolute atomic E-state index is 0.291. The van der Waals surface area contributed by atoms with E-state index in [0.717, 1.165) is 5.57 Å². The molecule has 0 saturated carbocycles. The van der Waals surface area contributed by atoms with Crippen molar-refractivity contribution in [3.63, 3.8) is 0 Å². The number of carbonyl (C=O) groups excluding carboxylic acids is 1. The maximum absolute atomic E-state index is 11.8. The lowest BCUT2D eigenvalue weighted by Crippen LogP contribution is -2.52. The number of carbonyl (C=O) groups is 1. The summed E-state index contributed by atoms with van der Waals surface area (Å²) in [6.45, 7) is 10.3. The van der Waals surface area contributed by atoms with Crippen molar-refractivity contribution in [1.82, 2.24) is 5.32 Å². The molecule has 0 radical (unpaired) electrons. The van der Waals surface area contributed by atoms with Crippen LogP contribution in [0, 0.1) is 0 Å². The van der Waals surface area contributed by atoms with Gasteiger partial charge in [-0.2, -0.15) is 0 Å². The maximum Gasteiger partial charge on any atom is 0.408 e. The van der Waals surface area contributed by atoms with Crippen LogP contribution < -0.4 is 5.32 Å². The number of alkyl halides is 1. The second kappa shape index (κ2) is 5.27. The number of amides is 1. The second-order valence-electron chi connectivity index (χ2n) is 5.25. The van der Waals surface area contributed by atoms with Gasteiger partial charge in [-0.3, -0.25) is 0 Å². The van der Waals surface area contributed by atoms with Crippen LogP contribution in [0.15, 0.2) is 12.2 Å². The lowest BCUT2D eigenvalue weighted by atomic mass is 9.91. The maximum atomic E-state index is 11.8. The van der Waals surface area contributed by atoms with Gasteiger partial charge >= 0.3 is 6.09 Å². The summed E-state index contributed by atoms with van der Waals surface area (Å²) < 4.78 is 10.6. The Balaban J connectivity index is 2.68. The summed E-state index contributed by atoms with van der Waals surface area (Å²) in [5, 5.41) is 2.83. The van der Waals surface area contributed by atoms with Crippen LogP contribution in [0.4, 0.5) is 4.79 Å². The third-order valence-corrected chi connectivity index (χ3v) is 2.92. The van der Waals surface area contributed by atoms with Crippen LogP contribution in [0.2, 0.25) is 0 Å². The number of rotatable bonds is 3. The Morgan fingerprint density at radius 2 is 2.24 bits per heavy atom. The molecule has 0 aromatic heterocycles. The molecule has 1 fully saturated rings. The fraction of sp³-hybridized carbons (Fsp3) is 0.750. The van der Waals surface area contributed by atoms with E-state index in [-0.39, 0.29) is 0 Å². The van der Waals surface area contributed by atoms with Gasteiger partial charge < -0.3 is 14.8 Å². The highest BCUT2D eigenvalue weighted by atomic mass is 35.5. The Kier molecular flexibility index (Phi) is 4.44. The molecular formula is C12H20ClNO3. The van der Waals surface area contributed by atoms with E-state index in [1.807, 2.05) is 20.8 Å². The van der Waals surface area contributed by atoms with Gasteiger partial charge in [-0.25, -0.2) is 4.79 Å². The second-order valence-corrected chi connectivity index (χ2v) is 5.52. The smallest absolute Gasteiger partial charge is 0.408 e. The Hall–Kier alpha value is -0.740. The Labute approximate surface area is 107 Å². The van der Waals surface area contributed by atoms with Gasteiger partial charge in [0.15, 0.2) is 0 Å². The summed E-state index contributed by atoms with van der Waals surface area (Å²) in [6, 6.07) is 0. The van der Waals surface area contributed by atoms with Gasteiger partial charge in [-0.1, -0.05) is 6.58 Å². The highest BCUT2D eigenvalue weighted by molar-refractivity contribution is 6.19. The molecule has 1 saturated heterocycles. The first-order valence-corrected chi connectivity index (χ1v) is 6.16. The van der Waals surface area contributed by atoms with E-state index in [4.69, 9.17) is 21.1 Å². The van der Waals surface area contributed by atoms with E-state index in [1.54, 1.807) is 0 Å². The van der Waals surface area contributed by atoms with Crippen molar-refractivity contribution in [2.24, 2.45) is 0 Å². The third-order valence-electron chi connectivity index (χ3n) is 2.60. The standard InChI is InChI=1S/C12H20ClNO3/c1-9(7-13)12(5-6-16-8-12)14-10(15)17-11(2,3)4/h1,5-8H2,2-4H3,(H,14,15). The van der Waals surface area contributed by atoms with Crippen molar-refractivity contribution in [3.8, 4) is 0 Å². The predicted octanol–water partition coefficient (Wildman–Crippen LogP) is 2.47. The molecule has 1 aliphatic rings. The molecule has 0 aromatic rings. The van der Waals surface area contributed by atoms with E-state index in [0.29, 0.717) is 25.5 Å². The molecule has 1 unspecified atom stereocenters. The predicted molar refractivity (Wildman–Crippen MR) is 67.4 cm³/mol. The number of hydrogen-bond acceptors (Lipinski definition) is 3. The number of nitrogens with one attached hydrogen (secondary N) is 1. The molecule has 4 nitrogen and oxygen atoms in total. The van der Waals surface area contributed by atoms with E-state index in [1.165, 1.54) is 0 Å².